The van der Waals surface area contributed by atoms with E-state index < -0.39 is 18.1 Å². The molecule has 7 nitrogen and oxygen atoms in total. The molecule has 4 aromatic rings. The normalized spacial score (nSPS) is 11.3. The van der Waals surface area contributed by atoms with Gasteiger partial charge in [0, 0.05) is 13.0 Å². The first-order valence-corrected chi connectivity index (χ1v) is 12.2. The van der Waals surface area contributed by atoms with Gasteiger partial charge in [-0.1, -0.05) is 84.9 Å². The lowest BCUT2D eigenvalue weighted by atomic mass is 9.99. The molecule has 0 spiro atoms. The molecule has 7 heteroatoms. The van der Waals surface area contributed by atoms with Crippen LogP contribution in [-0.2, 0) is 17.8 Å². The Balaban J connectivity index is 1.52. The minimum Gasteiger partial charge on any atom is -0.508 e. The van der Waals surface area contributed by atoms with Gasteiger partial charge in [-0.25, -0.2) is 4.79 Å². The van der Waals surface area contributed by atoms with E-state index in [-0.39, 0.29) is 24.6 Å². The molecule has 1 unspecified atom stereocenters. The quantitative estimate of drug-likeness (QED) is 0.267. The van der Waals surface area contributed by atoms with Gasteiger partial charge in [0.25, 0.3) is 0 Å². The largest absolute Gasteiger partial charge is 0.508 e. The number of hydrogen-bond acceptors (Lipinski definition) is 4. The van der Waals surface area contributed by atoms with E-state index in [4.69, 9.17) is 0 Å². The summed E-state index contributed by atoms with van der Waals surface area (Å²) in [5.41, 5.74) is 3.84. The molecule has 0 saturated carbocycles. The minimum absolute atomic E-state index is 0.139. The molecule has 38 heavy (non-hydrogen) atoms. The number of carbonyl (C=O) groups is 2. The molecule has 1 atom stereocenters. The summed E-state index contributed by atoms with van der Waals surface area (Å²) in [5, 5.41) is 27.5. The second kappa shape index (κ2) is 12.7. The first-order valence-electron chi connectivity index (χ1n) is 12.2. The zero-order chi connectivity index (χ0) is 26.7. The van der Waals surface area contributed by atoms with Crippen molar-refractivity contribution in [1.29, 1.82) is 5.26 Å². The van der Waals surface area contributed by atoms with E-state index in [2.05, 4.69) is 22.0 Å². The standard InChI is InChI=1S/C31H28N4O3/c32-20-24-9-7-8-23(18-24)19-28(30(37)33-21-22-14-16-27(36)17-15-22)34-31(38)35-29(25-10-3-1-4-11-25)26-12-5-2-6-13-26/h1-18,28-29,36H,19,21H2,(H,33,37)(H2,34,35,38). The summed E-state index contributed by atoms with van der Waals surface area (Å²) < 4.78 is 0. The summed E-state index contributed by atoms with van der Waals surface area (Å²) in [7, 11) is 0. The second-order valence-corrected chi connectivity index (χ2v) is 8.83. The Labute approximate surface area is 221 Å². The highest BCUT2D eigenvalue weighted by molar-refractivity contribution is 5.87. The van der Waals surface area contributed by atoms with E-state index in [1.54, 1.807) is 42.5 Å². The lowest BCUT2D eigenvalue weighted by molar-refractivity contribution is -0.123. The fourth-order valence-electron chi connectivity index (χ4n) is 4.12. The van der Waals surface area contributed by atoms with Crippen molar-refractivity contribution in [1.82, 2.24) is 16.0 Å². The van der Waals surface area contributed by atoms with Gasteiger partial charge in [0.15, 0.2) is 0 Å². The van der Waals surface area contributed by atoms with Crippen LogP contribution in [0.25, 0.3) is 0 Å². The zero-order valence-corrected chi connectivity index (χ0v) is 20.7. The topological polar surface area (TPSA) is 114 Å². The van der Waals surface area contributed by atoms with E-state index in [9.17, 15) is 20.0 Å². The van der Waals surface area contributed by atoms with E-state index in [1.807, 2.05) is 66.7 Å². The summed E-state index contributed by atoms with van der Waals surface area (Å²) >= 11 is 0. The SMILES string of the molecule is N#Cc1cccc(CC(NC(=O)NC(c2ccccc2)c2ccccc2)C(=O)NCc2ccc(O)cc2)c1. The van der Waals surface area contributed by atoms with Crippen molar-refractivity contribution in [2.24, 2.45) is 0 Å². The molecule has 190 valence electrons. The number of aromatic hydroxyl groups is 1. The van der Waals surface area contributed by atoms with Gasteiger partial charge < -0.3 is 21.1 Å². The van der Waals surface area contributed by atoms with Crippen LogP contribution in [0.2, 0.25) is 0 Å². The van der Waals surface area contributed by atoms with Crippen LogP contribution in [-0.4, -0.2) is 23.1 Å². The van der Waals surface area contributed by atoms with Crippen molar-refractivity contribution < 1.29 is 14.7 Å². The maximum Gasteiger partial charge on any atom is 0.316 e. The fourth-order valence-corrected chi connectivity index (χ4v) is 4.12. The van der Waals surface area contributed by atoms with Crippen LogP contribution in [0.15, 0.2) is 109 Å². The van der Waals surface area contributed by atoms with Crippen molar-refractivity contribution >= 4 is 11.9 Å². The minimum atomic E-state index is -0.895. The Hall–Kier alpha value is -5.09. The number of nitrogens with one attached hydrogen (secondary N) is 3. The summed E-state index contributed by atoms with van der Waals surface area (Å²) in [6.45, 7) is 0.230. The van der Waals surface area contributed by atoms with E-state index in [1.165, 1.54) is 0 Å². The molecule has 0 bridgehead atoms. The van der Waals surface area contributed by atoms with Gasteiger partial charge >= 0.3 is 6.03 Å². The average Bonchev–Trinajstić information content (AvgIpc) is 2.96. The number of rotatable bonds is 9. The van der Waals surface area contributed by atoms with Crippen LogP contribution in [0.4, 0.5) is 4.79 Å². The van der Waals surface area contributed by atoms with Crippen LogP contribution in [0.3, 0.4) is 0 Å². The molecular weight excluding hydrogens is 476 g/mol. The number of carbonyl (C=O) groups excluding carboxylic acids is 2. The molecule has 0 saturated heterocycles. The number of amides is 3. The highest BCUT2D eigenvalue weighted by atomic mass is 16.3. The summed E-state index contributed by atoms with van der Waals surface area (Å²) in [6, 6.07) is 33.0. The van der Waals surface area contributed by atoms with Gasteiger partial charge in [-0.2, -0.15) is 5.26 Å². The molecule has 0 radical (unpaired) electrons. The highest BCUT2D eigenvalue weighted by Gasteiger charge is 2.24. The van der Waals surface area contributed by atoms with Crippen LogP contribution >= 0.6 is 0 Å². The number of nitriles is 1. The number of phenolic OH excluding ortho intramolecular Hbond substituents is 1. The van der Waals surface area contributed by atoms with Gasteiger partial charge in [0.2, 0.25) is 5.91 Å². The Kier molecular flexibility index (Phi) is 8.72. The Morgan fingerprint density at radius 3 is 2.00 bits per heavy atom. The average molecular weight is 505 g/mol. The van der Waals surface area contributed by atoms with E-state index >= 15 is 0 Å². The summed E-state index contributed by atoms with van der Waals surface area (Å²) in [6.07, 6.45) is 0.200. The maximum absolute atomic E-state index is 13.3. The fraction of sp³-hybridized carbons (Fsp3) is 0.129. The molecule has 4 aromatic carbocycles. The van der Waals surface area contributed by atoms with Crippen LogP contribution in [0, 0.1) is 11.3 Å². The molecule has 0 heterocycles. The smallest absolute Gasteiger partial charge is 0.316 e. The van der Waals surface area contributed by atoms with Crippen molar-refractivity contribution in [3.8, 4) is 11.8 Å². The molecule has 0 fully saturated rings. The number of urea groups is 1. The zero-order valence-electron chi connectivity index (χ0n) is 20.7. The first kappa shape index (κ1) is 26.0. The third-order valence-corrected chi connectivity index (χ3v) is 6.06. The highest BCUT2D eigenvalue weighted by Crippen LogP contribution is 2.21. The molecule has 0 aliphatic rings. The number of hydrogen-bond donors (Lipinski definition) is 4. The van der Waals surface area contributed by atoms with Crippen molar-refractivity contribution in [2.45, 2.75) is 25.0 Å². The third-order valence-electron chi connectivity index (χ3n) is 6.06. The summed E-state index contributed by atoms with van der Waals surface area (Å²) in [4.78, 5) is 26.5. The third kappa shape index (κ3) is 7.21. The molecular formula is C31H28N4O3. The summed E-state index contributed by atoms with van der Waals surface area (Å²) in [5.74, 6) is -0.230. The second-order valence-electron chi connectivity index (χ2n) is 8.83. The predicted octanol–water partition coefficient (Wildman–Crippen LogP) is 4.58. The lowest BCUT2D eigenvalue weighted by Gasteiger charge is -2.23. The Bertz CT molecular complexity index is 1360. The Morgan fingerprint density at radius 1 is 0.763 bits per heavy atom. The lowest BCUT2D eigenvalue weighted by Crippen LogP contribution is -2.51. The number of phenols is 1. The molecule has 0 aliphatic heterocycles. The van der Waals surface area contributed by atoms with Crippen molar-refractivity contribution in [3.63, 3.8) is 0 Å². The van der Waals surface area contributed by atoms with E-state index in [0.29, 0.717) is 5.56 Å². The van der Waals surface area contributed by atoms with Crippen molar-refractivity contribution in [3.05, 3.63) is 137 Å². The molecule has 3 amide bonds. The van der Waals surface area contributed by atoms with Crippen molar-refractivity contribution in [2.75, 3.05) is 0 Å². The Morgan fingerprint density at radius 2 is 1.39 bits per heavy atom. The van der Waals surface area contributed by atoms with Gasteiger partial charge in [-0.15, -0.1) is 0 Å². The first-order chi connectivity index (χ1) is 18.5. The molecule has 0 aromatic heterocycles. The molecule has 4 rings (SSSR count). The molecule has 0 aliphatic carbocycles. The van der Waals surface area contributed by atoms with Crippen LogP contribution in [0.5, 0.6) is 5.75 Å². The molecule has 4 N–H and O–H groups in total. The van der Waals surface area contributed by atoms with Gasteiger partial charge in [-0.3, -0.25) is 4.79 Å². The van der Waals surface area contributed by atoms with Crippen LogP contribution < -0.4 is 16.0 Å². The van der Waals surface area contributed by atoms with Gasteiger partial charge in [-0.05, 0) is 46.5 Å². The van der Waals surface area contributed by atoms with E-state index in [0.717, 1.165) is 22.3 Å². The predicted molar refractivity (Wildman–Crippen MR) is 145 cm³/mol. The van der Waals surface area contributed by atoms with Gasteiger partial charge in [0.1, 0.15) is 11.8 Å². The number of nitrogens with zero attached hydrogens (tertiary/aromatic N) is 1. The van der Waals surface area contributed by atoms with Gasteiger partial charge in [0.05, 0.1) is 17.7 Å². The van der Waals surface area contributed by atoms with Crippen LogP contribution in [0.1, 0.15) is 33.9 Å². The monoisotopic (exact) mass is 504 g/mol. The maximum atomic E-state index is 13.3. The number of benzene rings is 4.